The molecule has 1 aliphatic heterocycles. The number of aryl methyl sites for hydroxylation is 2. The number of hydrogen-bond donors (Lipinski definition) is 2. The molecular formula is C27H34ClFN8O3S. The standard InChI is InChI=1S/C27H34ClFN8O3S/c1-6-40-27(39)35-12-10-34(11-13-35)25(38)19(5)37-15-23(16(2)32-37)30-26(41)31-24-17(3)33-36(18(24)4)14-20-21(28)8-7-9-22(20)29/h7-9,15,19H,6,10-14H2,1-5H3,(H2,30,31,41). The molecule has 41 heavy (non-hydrogen) atoms. The minimum atomic E-state index is -0.548. The highest BCUT2D eigenvalue weighted by atomic mass is 35.5. The van der Waals surface area contributed by atoms with Crippen LogP contribution in [0.25, 0.3) is 0 Å². The molecule has 0 spiro atoms. The summed E-state index contributed by atoms with van der Waals surface area (Å²) in [5.41, 5.74) is 3.83. The zero-order valence-electron chi connectivity index (χ0n) is 23.7. The Morgan fingerprint density at radius 1 is 1.10 bits per heavy atom. The highest BCUT2D eigenvalue weighted by Gasteiger charge is 2.29. The molecule has 1 aromatic carbocycles. The van der Waals surface area contributed by atoms with E-state index in [-0.39, 0.29) is 18.5 Å². The first-order chi connectivity index (χ1) is 19.5. The van der Waals surface area contributed by atoms with Crippen LogP contribution in [0.1, 0.15) is 42.5 Å². The van der Waals surface area contributed by atoms with Gasteiger partial charge in [-0.2, -0.15) is 10.2 Å². The van der Waals surface area contributed by atoms with Gasteiger partial charge in [0.15, 0.2) is 5.11 Å². The first kappa shape index (κ1) is 30.3. The molecule has 0 bridgehead atoms. The van der Waals surface area contributed by atoms with Crippen molar-refractivity contribution in [3.63, 3.8) is 0 Å². The number of halogens is 2. The number of nitrogens with zero attached hydrogens (tertiary/aromatic N) is 6. The lowest BCUT2D eigenvalue weighted by Crippen LogP contribution is -2.52. The van der Waals surface area contributed by atoms with Crippen LogP contribution in [0.5, 0.6) is 0 Å². The number of aromatic nitrogens is 4. The SMILES string of the molecule is CCOC(=O)N1CCN(C(=O)C(C)n2cc(NC(=S)Nc3c(C)nn(Cc4c(F)cccc4Cl)c3C)c(C)n2)CC1. The fraction of sp³-hybridized carbons (Fsp3) is 0.444. The maximum Gasteiger partial charge on any atom is 0.409 e. The lowest BCUT2D eigenvalue weighted by Gasteiger charge is -2.35. The molecule has 4 rings (SSSR count). The van der Waals surface area contributed by atoms with Gasteiger partial charge in [0.1, 0.15) is 11.9 Å². The molecule has 14 heteroatoms. The third-order valence-electron chi connectivity index (χ3n) is 7.03. The van der Waals surface area contributed by atoms with E-state index in [1.807, 2.05) is 20.8 Å². The smallest absolute Gasteiger partial charge is 0.409 e. The second-order valence-electron chi connectivity index (χ2n) is 9.78. The number of piperazine rings is 1. The molecule has 220 valence electrons. The van der Waals surface area contributed by atoms with E-state index in [2.05, 4.69) is 20.8 Å². The molecule has 0 radical (unpaired) electrons. The Morgan fingerprint density at radius 3 is 2.44 bits per heavy atom. The van der Waals surface area contributed by atoms with E-state index in [1.165, 1.54) is 6.07 Å². The third kappa shape index (κ3) is 6.79. The zero-order valence-corrected chi connectivity index (χ0v) is 25.3. The number of anilines is 2. The molecule has 0 aliphatic carbocycles. The molecule has 2 amide bonds. The summed E-state index contributed by atoms with van der Waals surface area (Å²) < 4.78 is 22.7. The molecule has 1 unspecified atom stereocenters. The lowest BCUT2D eigenvalue weighted by molar-refractivity contribution is -0.136. The average molecular weight is 605 g/mol. The molecule has 2 N–H and O–H groups in total. The fourth-order valence-electron chi connectivity index (χ4n) is 4.64. The van der Waals surface area contributed by atoms with Gasteiger partial charge in [-0.3, -0.25) is 14.2 Å². The normalized spacial score (nSPS) is 14.1. The molecule has 3 heterocycles. The number of rotatable bonds is 7. The number of hydrogen-bond acceptors (Lipinski definition) is 6. The van der Waals surface area contributed by atoms with Gasteiger partial charge in [-0.15, -0.1) is 0 Å². The number of amides is 2. The van der Waals surface area contributed by atoms with Crippen molar-refractivity contribution < 1.29 is 18.7 Å². The fourth-order valence-corrected chi connectivity index (χ4v) is 5.07. The van der Waals surface area contributed by atoms with Crippen molar-refractivity contribution in [1.29, 1.82) is 0 Å². The van der Waals surface area contributed by atoms with Crippen molar-refractivity contribution in [2.24, 2.45) is 0 Å². The van der Waals surface area contributed by atoms with Gasteiger partial charge < -0.3 is 25.2 Å². The van der Waals surface area contributed by atoms with Crippen LogP contribution in [-0.2, 0) is 16.1 Å². The maximum atomic E-state index is 14.3. The van der Waals surface area contributed by atoms with Gasteiger partial charge in [-0.1, -0.05) is 17.7 Å². The highest BCUT2D eigenvalue weighted by Crippen LogP contribution is 2.25. The molecular weight excluding hydrogens is 571 g/mol. The van der Waals surface area contributed by atoms with E-state index in [1.54, 1.807) is 51.3 Å². The maximum absolute atomic E-state index is 14.3. The van der Waals surface area contributed by atoms with E-state index in [0.717, 1.165) is 5.69 Å². The molecule has 1 saturated heterocycles. The highest BCUT2D eigenvalue weighted by molar-refractivity contribution is 7.80. The van der Waals surface area contributed by atoms with Crippen LogP contribution < -0.4 is 10.6 Å². The molecule has 0 saturated carbocycles. The zero-order chi connectivity index (χ0) is 29.8. The van der Waals surface area contributed by atoms with Crippen LogP contribution in [0, 0.1) is 26.6 Å². The number of nitrogens with one attached hydrogen (secondary N) is 2. The van der Waals surface area contributed by atoms with Crippen LogP contribution in [0.2, 0.25) is 5.02 Å². The summed E-state index contributed by atoms with van der Waals surface area (Å²) in [6.45, 7) is 11.3. The largest absolute Gasteiger partial charge is 0.450 e. The third-order valence-corrected chi connectivity index (χ3v) is 7.58. The summed E-state index contributed by atoms with van der Waals surface area (Å²) in [6.07, 6.45) is 1.38. The Hall–Kier alpha value is -3.71. The summed E-state index contributed by atoms with van der Waals surface area (Å²) in [6, 6.07) is 4.03. The van der Waals surface area contributed by atoms with Gasteiger partial charge in [0.2, 0.25) is 5.91 Å². The number of ether oxygens (including phenoxy) is 1. The van der Waals surface area contributed by atoms with Crippen molar-refractivity contribution in [1.82, 2.24) is 29.4 Å². The van der Waals surface area contributed by atoms with E-state index < -0.39 is 11.9 Å². The van der Waals surface area contributed by atoms with Gasteiger partial charge >= 0.3 is 6.09 Å². The van der Waals surface area contributed by atoms with E-state index in [4.69, 9.17) is 28.6 Å². The van der Waals surface area contributed by atoms with E-state index in [9.17, 15) is 14.0 Å². The number of carbonyl (C=O) groups excluding carboxylic acids is 2. The van der Waals surface area contributed by atoms with Gasteiger partial charge in [0.25, 0.3) is 0 Å². The first-order valence-electron chi connectivity index (χ1n) is 13.3. The van der Waals surface area contributed by atoms with Crippen LogP contribution in [0.4, 0.5) is 20.6 Å². The first-order valence-corrected chi connectivity index (χ1v) is 14.1. The molecule has 11 nitrogen and oxygen atoms in total. The number of thiocarbonyl (C=S) groups is 1. The summed E-state index contributed by atoms with van der Waals surface area (Å²) in [7, 11) is 0. The summed E-state index contributed by atoms with van der Waals surface area (Å²) >= 11 is 11.8. The van der Waals surface area contributed by atoms with Gasteiger partial charge in [0, 0.05) is 43.0 Å². The van der Waals surface area contributed by atoms with Crippen molar-refractivity contribution in [2.45, 2.75) is 47.2 Å². The van der Waals surface area contributed by atoms with Gasteiger partial charge in [0.05, 0.1) is 41.6 Å². The van der Waals surface area contributed by atoms with Crippen LogP contribution in [0.3, 0.4) is 0 Å². The Morgan fingerprint density at radius 2 is 1.78 bits per heavy atom. The second kappa shape index (κ2) is 12.9. The van der Waals surface area contributed by atoms with Crippen molar-refractivity contribution in [2.75, 3.05) is 43.4 Å². The Labute approximate surface area is 248 Å². The Balaban J connectivity index is 1.38. The monoisotopic (exact) mass is 604 g/mol. The van der Waals surface area contributed by atoms with Gasteiger partial charge in [-0.05, 0) is 59.0 Å². The summed E-state index contributed by atoms with van der Waals surface area (Å²) in [5.74, 6) is -0.479. The quantitative estimate of drug-likeness (QED) is 0.379. The molecule has 1 fully saturated rings. The lowest BCUT2D eigenvalue weighted by atomic mass is 10.2. The predicted molar refractivity (Wildman–Crippen MR) is 159 cm³/mol. The Kier molecular flexibility index (Phi) is 9.49. The Bertz CT molecular complexity index is 1430. The van der Waals surface area contributed by atoms with Crippen molar-refractivity contribution in [3.8, 4) is 0 Å². The van der Waals surface area contributed by atoms with Crippen molar-refractivity contribution >= 4 is 52.3 Å². The van der Waals surface area contributed by atoms with Crippen LogP contribution in [-0.4, -0.2) is 79.3 Å². The van der Waals surface area contributed by atoms with Crippen LogP contribution >= 0.6 is 23.8 Å². The number of benzene rings is 1. The van der Waals surface area contributed by atoms with E-state index in [0.29, 0.717) is 71.2 Å². The second-order valence-corrected chi connectivity index (χ2v) is 10.6. The molecule has 2 aromatic heterocycles. The average Bonchev–Trinajstić information content (AvgIpc) is 3.43. The number of carbonyl (C=O) groups is 2. The van der Waals surface area contributed by atoms with Crippen molar-refractivity contribution in [3.05, 3.63) is 57.9 Å². The topological polar surface area (TPSA) is 110 Å². The predicted octanol–water partition coefficient (Wildman–Crippen LogP) is 4.52. The van der Waals surface area contributed by atoms with Gasteiger partial charge in [-0.25, -0.2) is 9.18 Å². The molecule has 1 atom stereocenters. The van der Waals surface area contributed by atoms with E-state index >= 15 is 0 Å². The van der Waals surface area contributed by atoms with Crippen LogP contribution in [0.15, 0.2) is 24.4 Å². The summed E-state index contributed by atoms with van der Waals surface area (Å²) in [4.78, 5) is 28.5. The molecule has 1 aliphatic rings. The minimum absolute atomic E-state index is 0.0862. The summed E-state index contributed by atoms with van der Waals surface area (Å²) in [5, 5.41) is 16.0. The molecule has 3 aromatic rings. The minimum Gasteiger partial charge on any atom is -0.450 e.